The average molecular weight is 544 g/mol. The standard InChI is InChI=1S/C28H22FN5O4S/c1-17(35)30-14-13-25-31-32-28(34(25)23-12-5-4-11-22(23)29)39-16-24(36)18-7-6-8-19(15-18)33-26(37)20-9-2-3-10-21(20)27(33)38/h2-12,15H,13-14,16H2,1H3,(H,30,35). The minimum atomic E-state index is -0.486. The Morgan fingerprint density at radius 3 is 2.31 bits per heavy atom. The van der Waals surface area contributed by atoms with Crippen LogP contribution in [0.5, 0.6) is 0 Å². The van der Waals surface area contributed by atoms with Crippen LogP contribution in [0.3, 0.4) is 0 Å². The maximum Gasteiger partial charge on any atom is 0.266 e. The van der Waals surface area contributed by atoms with Gasteiger partial charge < -0.3 is 5.32 Å². The lowest BCUT2D eigenvalue weighted by molar-refractivity contribution is -0.118. The second-order valence-electron chi connectivity index (χ2n) is 8.67. The number of aromatic nitrogens is 3. The van der Waals surface area contributed by atoms with E-state index >= 15 is 0 Å². The van der Waals surface area contributed by atoms with Gasteiger partial charge in [-0.2, -0.15) is 0 Å². The number of amides is 3. The molecule has 3 aromatic carbocycles. The van der Waals surface area contributed by atoms with Crippen LogP contribution >= 0.6 is 11.8 Å². The Labute approximate surface area is 227 Å². The lowest BCUT2D eigenvalue weighted by atomic mass is 10.1. The molecule has 0 atom stereocenters. The van der Waals surface area contributed by atoms with Crippen molar-refractivity contribution in [2.75, 3.05) is 17.2 Å². The van der Waals surface area contributed by atoms with Crippen LogP contribution in [0.25, 0.3) is 5.69 Å². The molecule has 11 heteroatoms. The molecule has 0 fully saturated rings. The van der Waals surface area contributed by atoms with E-state index < -0.39 is 17.6 Å². The molecule has 0 aliphatic carbocycles. The molecule has 0 unspecified atom stereocenters. The quantitative estimate of drug-likeness (QED) is 0.194. The maximum absolute atomic E-state index is 14.7. The fourth-order valence-electron chi connectivity index (χ4n) is 4.24. The van der Waals surface area contributed by atoms with Gasteiger partial charge in [0.2, 0.25) is 5.91 Å². The highest BCUT2D eigenvalue weighted by atomic mass is 32.2. The van der Waals surface area contributed by atoms with Crippen LogP contribution in [0.4, 0.5) is 10.1 Å². The number of anilines is 1. The number of nitrogens with zero attached hydrogens (tertiary/aromatic N) is 4. The Kier molecular flexibility index (Phi) is 7.33. The highest BCUT2D eigenvalue weighted by molar-refractivity contribution is 7.99. The first-order valence-corrected chi connectivity index (χ1v) is 13.0. The summed E-state index contributed by atoms with van der Waals surface area (Å²) in [5.74, 6) is -1.48. The predicted molar refractivity (Wildman–Crippen MR) is 143 cm³/mol. The van der Waals surface area contributed by atoms with Crippen LogP contribution in [0.15, 0.2) is 78.0 Å². The molecule has 1 N–H and O–H groups in total. The SMILES string of the molecule is CC(=O)NCCc1nnc(SCC(=O)c2cccc(N3C(=O)c4ccccc4C3=O)c2)n1-c1ccccc1F. The van der Waals surface area contributed by atoms with Gasteiger partial charge in [0.1, 0.15) is 11.6 Å². The minimum absolute atomic E-state index is 0.0517. The van der Waals surface area contributed by atoms with Gasteiger partial charge in [0.15, 0.2) is 10.9 Å². The Morgan fingerprint density at radius 1 is 0.923 bits per heavy atom. The third-order valence-corrected chi connectivity index (χ3v) is 7.00. The Morgan fingerprint density at radius 2 is 1.62 bits per heavy atom. The largest absolute Gasteiger partial charge is 0.356 e. The number of carbonyl (C=O) groups excluding carboxylic acids is 4. The molecule has 0 saturated carbocycles. The average Bonchev–Trinajstić information content (AvgIpc) is 3.45. The number of rotatable bonds is 9. The number of para-hydroxylation sites is 1. The zero-order chi connectivity index (χ0) is 27.5. The number of ketones is 1. The molecule has 9 nitrogen and oxygen atoms in total. The van der Waals surface area contributed by atoms with E-state index in [9.17, 15) is 23.6 Å². The summed E-state index contributed by atoms with van der Waals surface area (Å²) in [7, 11) is 0. The van der Waals surface area contributed by atoms with Crippen molar-refractivity contribution in [3.8, 4) is 5.69 Å². The Balaban J connectivity index is 1.36. The molecule has 5 rings (SSSR count). The fourth-order valence-corrected chi connectivity index (χ4v) is 5.09. The number of fused-ring (bicyclic) bond motifs is 1. The van der Waals surface area contributed by atoms with Crippen LogP contribution in [0.1, 0.15) is 43.8 Å². The number of imide groups is 1. The fraction of sp³-hybridized carbons (Fsp3) is 0.143. The lowest BCUT2D eigenvalue weighted by Crippen LogP contribution is -2.29. The van der Waals surface area contributed by atoms with Gasteiger partial charge in [0.25, 0.3) is 11.8 Å². The van der Waals surface area contributed by atoms with Crippen molar-refractivity contribution in [3.05, 3.63) is 101 Å². The van der Waals surface area contributed by atoms with E-state index in [4.69, 9.17) is 0 Å². The second kappa shape index (κ2) is 11.0. The molecule has 39 heavy (non-hydrogen) atoms. The first-order chi connectivity index (χ1) is 18.8. The van der Waals surface area contributed by atoms with E-state index in [-0.39, 0.29) is 29.7 Å². The molecule has 4 aromatic rings. The number of carbonyl (C=O) groups is 4. The van der Waals surface area contributed by atoms with E-state index in [1.165, 1.54) is 23.6 Å². The summed E-state index contributed by atoms with van der Waals surface area (Å²) >= 11 is 1.08. The van der Waals surface area contributed by atoms with Crippen molar-refractivity contribution >= 4 is 41.0 Å². The molecule has 1 aliphatic rings. The summed E-state index contributed by atoms with van der Waals surface area (Å²) in [6.07, 6.45) is 0.303. The topological polar surface area (TPSA) is 114 Å². The van der Waals surface area contributed by atoms with Crippen molar-refractivity contribution < 1.29 is 23.6 Å². The van der Waals surface area contributed by atoms with Gasteiger partial charge in [-0.1, -0.05) is 48.2 Å². The summed E-state index contributed by atoms with van der Waals surface area (Å²) in [5, 5.41) is 11.3. The number of thioether (sulfide) groups is 1. The molecule has 0 saturated heterocycles. The molecule has 1 aromatic heterocycles. The first-order valence-electron chi connectivity index (χ1n) is 12.0. The second-order valence-corrected chi connectivity index (χ2v) is 9.61. The van der Waals surface area contributed by atoms with Crippen molar-refractivity contribution in [2.45, 2.75) is 18.5 Å². The number of benzene rings is 3. The third-order valence-electron chi connectivity index (χ3n) is 6.07. The molecule has 0 radical (unpaired) electrons. The Bertz CT molecular complexity index is 1580. The summed E-state index contributed by atoms with van der Waals surface area (Å²) in [6.45, 7) is 1.69. The molecule has 0 spiro atoms. The summed E-state index contributed by atoms with van der Waals surface area (Å²) in [6, 6.07) is 19.0. The maximum atomic E-state index is 14.7. The van der Waals surface area contributed by atoms with Gasteiger partial charge in [-0.25, -0.2) is 9.29 Å². The zero-order valence-electron chi connectivity index (χ0n) is 20.8. The molecule has 196 valence electrons. The van der Waals surface area contributed by atoms with Gasteiger partial charge in [-0.15, -0.1) is 10.2 Å². The predicted octanol–water partition coefficient (Wildman–Crippen LogP) is 3.86. The van der Waals surface area contributed by atoms with Gasteiger partial charge in [-0.05, 0) is 36.4 Å². The number of nitrogens with one attached hydrogen (secondary N) is 1. The van der Waals surface area contributed by atoms with E-state index in [1.54, 1.807) is 60.7 Å². The first kappa shape index (κ1) is 26.0. The van der Waals surface area contributed by atoms with Gasteiger partial charge in [0.05, 0.1) is 28.3 Å². The summed E-state index contributed by atoms with van der Waals surface area (Å²) in [5.41, 5.74) is 1.46. The number of hydrogen-bond acceptors (Lipinski definition) is 7. The number of hydrogen-bond donors (Lipinski definition) is 1. The molecule has 1 aliphatic heterocycles. The van der Waals surface area contributed by atoms with Crippen LogP contribution in [0.2, 0.25) is 0 Å². The molecular weight excluding hydrogens is 521 g/mol. The summed E-state index contributed by atoms with van der Waals surface area (Å²) < 4.78 is 16.2. The van der Waals surface area contributed by atoms with Gasteiger partial charge in [-0.3, -0.25) is 23.7 Å². The molecule has 0 bridgehead atoms. The van der Waals surface area contributed by atoms with Crippen LogP contribution in [0, 0.1) is 5.82 Å². The van der Waals surface area contributed by atoms with Gasteiger partial charge >= 0.3 is 0 Å². The number of Topliss-reactive ketones (excluding diaryl/α,β-unsaturated/α-hetero) is 1. The van der Waals surface area contributed by atoms with E-state index in [0.717, 1.165) is 16.7 Å². The normalized spacial score (nSPS) is 12.5. The lowest BCUT2D eigenvalue weighted by Gasteiger charge is -2.15. The zero-order valence-corrected chi connectivity index (χ0v) is 21.6. The van der Waals surface area contributed by atoms with Crippen molar-refractivity contribution in [2.24, 2.45) is 0 Å². The molecule has 3 amide bonds. The number of halogens is 1. The highest BCUT2D eigenvalue weighted by Crippen LogP contribution is 2.30. The highest BCUT2D eigenvalue weighted by Gasteiger charge is 2.36. The Hall–Kier alpha value is -4.64. The summed E-state index contributed by atoms with van der Waals surface area (Å²) in [4.78, 5) is 51.2. The van der Waals surface area contributed by atoms with E-state index in [0.29, 0.717) is 39.8 Å². The van der Waals surface area contributed by atoms with E-state index in [1.807, 2.05) is 0 Å². The van der Waals surface area contributed by atoms with Crippen molar-refractivity contribution in [3.63, 3.8) is 0 Å². The van der Waals surface area contributed by atoms with Crippen molar-refractivity contribution in [1.29, 1.82) is 0 Å². The molecular formula is C28H22FN5O4S. The van der Waals surface area contributed by atoms with Crippen molar-refractivity contribution in [1.82, 2.24) is 20.1 Å². The molecule has 2 heterocycles. The van der Waals surface area contributed by atoms with Crippen LogP contribution < -0.4 is 10.2 Å². The minimum Gasteiger partial charge on any atom is -0.356 e. The van der Waals surface area contributed by atoms with Crippen LogP contribution in [-0.2, 0) is 11.2 Å². The van der Waals surface area contributed by atoms with E-state index in [2.05, 4.69) is 15.5 Å². The smallest absolute Gasteiger partial charge is 0.266 e. The van der Waals surface area contributed by atoms with Crippen LogP contribution in [-0.4, -0.2) is 50.6 Å². The third kappa shape index (κ3) is 5.21. The van der Waals surface area contributed by atoms with Gasteiger partial charge in [0, 0.05) is 25.5 Å². The monoisotopic (exact) mass is 543 g/mol.